The summed E-state index contributed by atoms with van der Waals surface area (Å²) in [4.78, 5) is 0. The molecule has 0 atom stereocenters. The minimum atomic E-state index is -0.260. The molecule has 2 nitrogen and oxygen atoms in total. The van der Waals surface area contributed by atoms with Crippen LogP contribution in [0.5, 0.6) is 0 Å². The molecule has 0 spiro atoms. The van der Waals surface area contributed by atoms with Crippen molar-refractivity contribution >= 4 is 47.8 Å². The largest absolute Gasteiger partial charge is 0.253 e. The molecule has 84 valence electrons. The Kier molecular flexibility index (Phi) is 3.81. The fourth-order valence-corrected chi connectivity index (χ4v) is 2.85. The van der Waals surface area contributed by atoms with Gasteiger partial charge in [-0.15, -0.1) is 0 Å². The summed E-state index contributed by atoms with van der Waals surface area (Å²) in [5.41, 5.74) is 0.976. The molecule has 0 saturated heterocycles. The minimum Gasteiger partial charge on any atom is -0.253 e. The molecule has 0 bridgehead atoms. The van der Waals surface area contributed by atoms with Crippen molar-refractivity contribution in [1.29, 1.82) is 0 Å². The Hall–Kier alpha value is -0.200. The number of hydrogen-bond acceptors (Lipinski definition) is 1. The lowest BCUT2D eigenvalue weighted by molar-refractivity contribution is 0.616. The molecule has 1 aromatic heterocycles. The van der Waals surface area contributed by atoms with Crippen LogP contribution in [0.3, 0.4) is 0 Å². The lowest BCUT2D eigenvalue weighted by Gasteiger charge is -2.04. The monoisotopic (exact) mass is 410 g/mol. The Balaban J connectivity index is 2.27. The van der Waals surface area contributed by atoms with Crippen molar-refractivity contribution in [3.05, 3.63) is 49.3 Å². The predicted octanol–water partition coefficient (Wildman–Crippen LogP) is 4.36. The summed E-state index contributed by atoms with van der Waals surface area (Å²) in [7, 11) is 0. The second kappa shape index (κ2) is 4.98. The van der Waals surface area contributed by atoms with E-state index in [0.29, 0.717) is 11.0 Å². The second-order valence-corrected chi connectivity index (χ2v) is 5.68. The molecular weight excluding hydrogens is 407 g/mol. The first-order chi connectivity index (χ1) is 7.56. The van der Waals surface area contributed by atoms with Gasteiger partial charge in [-0.1, -0.05) is 6.07 Å². The Morgan fingerprint density at radius 2 is 1.94 bits per heavy atom. The number of halogens is 4. The van der Waals surface area contributed by atoms with E-state index in [2.05, 4.69) is 52.9 Å². The van der Waals surface area contributed by atoms with Crippen molar-refractivity contribution in [2.75, 3.05) is 0 Å². The number of nitrogens with zero attached hydrogens (tertiary/aromatic N) is 2. The second-order valence-electron chi connectivity index (χ2n) is 3.20. The Morgan fingerprint density at radius 1 is 1.19 bits per heavy atom. The number of benzene rings is 1. The fraction of sp³-hybridized carbons (Fsp3) is 0.100. The molecule has 0 aliphatic heterocycles. The summed E-state index contributed by atoms with van der Waals surface area (Å²) in [6, 6.07) is 6.78. The van der Waals surface area contributed by atoms with Crippen molar-refractivity contribution in [2.45, 2.75) is 6.54 Å². The third kappa shape index (κ3) is 2.73. The van der Waals surface area contributed by atoms with Crippen LogP contribution < -0.4 is 0 Å². The van der Waals surface area contributed by atoms with E-state index in [0.717, 1.165) is 14.8 Å². The molecule has 2 rings (SSSR count). The lowest BCUT2D eigenvalue weighted by Crippen LogP contribution is -2.02. The van der Waals surface area contributed by atoms with Gasteiger partial charge in [0.05, 0.1) is 11.0 Å². The van der Waals surface area contributed by atoms with Crippen LogP contribution in [0.4, 0.5) is 4.39 Å². The van der Waals surface area contributed by atoms with E-state index >= 15 is 0 Å². The smallest absolute Gasteiger partial charge is 0.137 e. The summed E-state index contributed by atoms with van der Waals surface area (Å²) in [5.74, 6) is -0.260. The number of hydrogen-bond donors (Lipinski definition) is 0. The van der Waals surface area contributed by atoms with Gasteiger partial charge in [-0.05, 0) is 65.5 Å². The van der Waals surface area contributed by atoms with Gasteiger partial charge in [0.15, 0.2) is 0 Å². The standard InChI is InChI=1S/C10H6Br3FN2/c11-7-3-6(1-2-8(7)14)5-16-10(13)4-9(12)15-16/h1-4H,5H2. The van der Waals surface area contributed by atoms with Crippen LogP contribution in [0.25, 0.3) is 0 Å². The van der Waals surface area contributed by atoms with Gasteiger partial charge in [0.2, 0.25) is 0 Å². The number of aromatic nitrogens is 2. The summed E-state index contributed by atoms with van der Waals surface area (Å²) in [6.45, 7) is 0.588. The molecule has 0 aliphatic carbocycles. The zero-order chi connectivity index (χ0) is 11.7. The van der Waals surface area contributed by atoms with Crippen LogP contribution >= 0.6 is 47.8 Å². The Bertz CT molecular complexity index is 525. The van der Waals surface area contributed by atoms with Crippen LogP contribution in [0, 0.1) is 5.82 Å². The van der Waals surface area contributed by atoms with E-state index < -0.39 is 0 Å². The molecule has 6 heteroatoms. The first kappa shape index (κ1) is 12.3. The molecule has 1 aromatic carbocycles. The molecule has 0 amide bonds. The zero-order valence-corrected chi connectivity index (χ0v) is 12.7. The normalized spacial score (nSPS) is 10.8. The van der Waals surface area contributed by atoms with E-state index in [1.165, 1.54) is 6.07 Å². The molecule has 0 fully saturated rings. The lowest BCUT2D eigenvalue weighted by atomic mass is 10.2. The van der Waals surface area contributed by atoms with Gasteiger partial charge < -0.3 is 0 Å². The van der Waals surface area contributed by atoms with Gasteiger partial charge in [0, 0.05) is 6.07 Å². The third-order valence-electron chi connectivity index (χ3n) is 2.02. The van der Waals surface area contributed by atoms with Gasteiger partial charge in [-0.3, -0.25) is 4.68 Å². The van der Waals surface area contributed by atoms with Crippen LogP contribution in [0.2, 0.25) is 0 Å². The SMILES string of the molecule is Fc1ccc(Cn2nc(Br)cc2Br)cc1Br. The number of rotatable bonds is 2. The quantitative estimate of drug-likeness (QED) is 0.716. The summed E-state index contributed by atoms with van der Waals surface area (Å²) >= 11 is 9.84. The maximum atomic E-state index is 13.0. The van der Waals surface area contributed by atoms with E-state index in [4.69, 9.17) is 0 Å². The molecule has 0 unspecified atom stereocenters. The molecule has 0 saturated carbocycles. The van der Waals surface area contributed by atoms with E-state index in [1.54, 1.807) is 16.8 Å². The maximum Gasteiger partial charge on any atom is 0.137 e. The Morgan fingerprint density at radius 3 is 2.50 bits per heavy atom. The van der Waals surface area contributed by atoms with E-state index in [-0.39, 0.29) is 5.82 Å². The molecule has 2 aromatic rings. The van der Waals surface area contributed by atoms with Crippen LogP contribution in [-0.4, -0.2) is 9.78 Å². The van der Waals surface area contributed by atoms with Crippen LogP contribution in [0.1, 0.15) is 5.56 Å². The topological polar surface area (TPSA) is 17.8 Å². The Labute approximate surface area is 117 Å². The zero-order valence-electron chi connectivity index (χ0n) is 7.92. The third-order valence-corrected chi connectivity index (χ3v) is 3.65. The van der Waals surface area contributed by atoms with Gasteiger partial charge >= 0.3 is 0 Å². The molecule has 0 N–H and O–H groups in total. The fourth-order valence-electron chi connectivity index (χ4n) is 1.29. The van der Waals surface area contributed by atoms with E-state index in [9.17, 15) is 4.39 Å². The first-order valence-electron chi connectivity index (χ1n) is 4.39. The van der Waals surface area contributed by atoms with Gasteiger partial charge in [-0.2, -0.15) is 5.10 Å². The summed E-state index contributed by atoms with van der Waals surface area (Å²) in [5, 5.41) is 4.23. The predicted molar refractivity (Wildman–Crippen MR) is 70.8 cm³/mol. The average molecular weight is 413 g/mol. The van der Waals surface area contributed by atoms with Crippen LogP contribution in [0.15, 0.2) is 37.9 Å². The minimum absolute atomic E-state index is 0.260. The van der Waals surface area contributed by atoms with Crippen molar-refractivity contribution in [1.82, 2.24) is 9.78 Å². The van der Waals surface area contributed by atoms with E-state index in [1.807, 2.05) is 6.07 Å². The highest BCUT2D eigenvalue weighted by Gasteiger charge is 2.05. The molecule has 1 heterocycles. The maximum absolute atomic E-state index is 13.0. The van der Waals surface area contributed by atoms with Crippen molar-refractivity contribution in [2.24, 2.45) is 0 Å². The van der Waals surface area contributed by atoms with Gasteiger partial charge in [-0.25, -0.2) is 4.39 Å². The molecule has 0 radical (unpaired) electrons. The highest BCUT2D eigenvalue weighted by atomic mass is 79.9. The summed E-state index contributed by atoms with van der Waals surface area (Å²) < 4.78 is 16.9. The van der Waals surface area contributed by atoms with Crippen molar-refractivity contribution < 1.29 is 4.39 Å². The van der Waals surface area contributed by atoms with Crippen molar-refractivity contribution in [3.63, 3.8) is 0 Å². The average Bonchev–Trinajstić information content (AvgIpc) is 2.51. The first-order valence-corrected chi connectivity index (χ1v) is 6.77. The highest BCUT2D eigenvalue weighted by molar-refractivity contribution is 9.11. The van der Waals surface area contributed by atoms with Crippen LogP contribution in [-0.2, 0) is 6.54 Å². The van der Waals surface area contributed by atoms with Crippen molar-refractivity contribution in [3.8, 4) is 0 Å². The molecular formula is C10H6Br3FN2. The van der Waals surface area contributed by atoms with Gasteiger partial charge in [0.25, 0.3) is 0 Å². The molecule has 0 aliphatic rings. The molecule has 16 heavy (non-hydrogen) atoms. The summed E-state index contributed by atoms with van der Waals surface area (Å²) in [6.07, 6.45) is 0. The highest BCUT2D eigenvalue weighted by Crippen LogP contribution is 2.20. The van der Waals surface area contributed by atoms with Gasteiger partial charge in [0.1, 0.15) is 15.0 Å².